The summed E-state index contributed by atoms with van der Waals surface area (Å²) in [6.07, 6.45) is -0.507. The average Bonchev–Trinajstić information content (AvgIpc) is 2.52. The van der Waals surface area contributed by atoms with Gasteiger partial charge in [0.15, 0.2) is 0 Å². The van der Waals surface area contributed by atoms with E-state index in [4.69, 9.17) is 4.74 Å². The van der Waals surface area contributed by atoms with Gasteiger partial charge in [0.1, 0.15) is 0 Å². The summed E-state index contributed by atoms with van der Waals surface area (Å²) in [7, 11) is 0. The van der Waals surface area contributed by atoms with Crippen molar-refractivity contribution in [3.05, 3.63) is 23.8 Å². The van der Waals surface area contributed by atoms with Crippen molar-refractivity contribution < 1.29 is 14.3 Å². The summed E-state index contributed by atoms with van der Waals surface area (Å²) in [5.41, 5.74) is 2.07. The van der Waals surface area contributed by atoms with E-state index in [0.717, 1.165) is 5.56 Å². The van der Waals surface area contributed by atoms with Crippen LogP contribution in [0.15, 0.2) is 18.2 Å². The first-order chi connectivity index (χ1) is 11.3. The number of rotatable bonds is 6. The van der Waals surface area contributed by atoms with Gasteiger partial charge in [-0.05, 0) is 51.3 Å². The van der Waals surface area contributed by atoms with Crippen LogP contribution in [0.5, 0.6) is 0 Å². The quantitative estimate of drug-likeness (QED) is 0.806. The number of ether oxygens (including phenoxy) is 1. The molecule has 0 aliphatic rings. The molecule has 1 rings (SSSR count). The summed E-state index contributed by atoms with van der Waals surface area (Å²) in [5, 5.41) is 5.62. The van der Waals surface area contributed by atoms with Crippen LogP contribution in [0.3, 0.4) is 0 Å². The normalized spacial score (nSPS) is 11.8. The largest absolute Gasteiger partial charge is 0.450 e. The van der Waals surface area contributed by atoms with E-state index in [1.165, 1.54) is 0 Å². The number of amides is 3. The zero-order valence-corrected chi connectivity index (χ0v) is 15.5. The monoisotopic (exact) mass is 335 g/mol. The summed E-state index contributed by atoms with van der Waals surface area (Å²) in [4.78, 5) is 26.0. The summed E-state index contributed by atoms with van der Waals surface area (Å²) in [6, 6.07) is 5.37. The number of urea groups is 1. The van der Waals surface area contributed by atoms with Crippen molar-refractivity contribution in [2.45, 2.75) is 47.6 Å². The van der Waals surface area contributed by atoms with Gasteiger partial charge in [-0.15, -0.1) is 0 Å². The average molecular weight is 335 g/mol. The zero-order valence-electron chi connectivity index (χ0n) is 15.5. The van der Waals surface area contributed by atoms with Crippen molar-refractivity contribution in [2.24, 2.45) is 5.92 Å². The Balaban J connectivity index is 2.91. The standard InChI is InChI=1S/C18H29N3O3/c1-7-21(14(6)12(3)4)17(22)19-15-10-9-11-16(13(15)5)20-18(23)24-8-2/h9-12,14H,7-8H2,1-6H3,(H,19,22)(H,20,23)/t14-/m0/s1. The van der Waals surface area contributed by atoms with Crippen LogP contribution in [0.4, 0.5) is 21.0 Å². The number of nitrogens with zero attached hydrogens (tertiary/aromatic N) is 1. The van der Waals surface area contributed by atoms with Crippen molar-refractivity contribution in [2.75, 3.05) is 23.8 Å². The van der Waals surface area contributed by atoms with Crippen molar-refractivity contribution in [3.63, 3.8) is 0 Å². The predicted octanol–water partition coefficient (Wildman–Crippen LogP) is 4.46. The summed E-state index contributed by atoms with van der Waals surface area (Å²) in [5.74, 6) is 0.369. The molecule has 0 bridgehead atoms. The molecule has 0 aliphatic heterocycles. The molecule has 0 saturated carbocycles. The van der Waals surface area contributed by atoms with E-state index in [2.05, 4.69) is 24.5 Å². The van der Waals surface area contributed by atoms with Crippen LogP contribution in [0, 0.1) is 12.8 Å². The van der Waals surface area contributed by atoms with E-state index in [1.807, 2.05) is 26.8 Å². The van der Waals surface area contributed by atoms with Gasteiger partial charge in [-0.1, -0.05) is 19.9 Å². The van der Waals surface area contributed by atoms with E-state index < -0.39 is 6.09 Å². The Bertz CT molecular complexity index is 573. The van der Waals surface area contributed by atoms with Crippen LogP contribution >= 0.6 is 0 Å². The fraction of sp³-hybridized carbons (Fsp3) is 0.556. The number of nitrogens with one attached hydrogen (secondary N) is 2. The smallest absolute Gasteiger partial charge is 0.411 e. The Kier molecular flexibility index (Phi) is 7.55. The Hall–Kier alpha value is -2.24. The van der Waals surface area contributed by atoms with Crippen molar-refractivity contribution in [1.29, 1.82) is 0 Å². The van der Waals surface area contributed by atoms with Gasteiger partial charge < -0.3 is 15.0 Å². The molecule has 24 heavy (non-hydrogen) atoms. The Labute approximate surface area is 144 Å². The maximum Gasteiger partial charge on any atom is 0.411 e. The van der Waals surface area contributed by atoms with E-state index in [1.54, 1.807) is 24.0 Å². The van der Waals surface area contributed by atoms with Crippen molar-refractivity contribution in [3.8, 4) is 0 Å². The van der Waals surface area contributed by atoms with Crippen LogP contribution in [0.25, 0.3) is 0 Å². The van der Waals surface area contributed by atoms with Crippen LogP contribution in [0.2, 0.25) is 0 Å². The summed E-state index contributed by atoms with van der Waals surface area (Å²) >= 11 is 0. The number of hydrogen-bond acceptors (Lipinski definition) is 3. The SMILES string of the molecule is CCOC(=O)Nc1cccc(NC(=O)N(CC)[C@@H](C)C(C)C)c1C. The highest BCUT2D eigenvalue weighted by molar-refractivity contribution is 5.93. The second-order valence-corrected chi connectivity index (χ2v) is 6.02. The molecule has 0 fully saturated rings. The number of benzene rings is 1. The number of carbonyl (C=O) groups excluding carboxylic acids is 2. The lowest BCUT2D eigenvalue weighted by atomic mass is 10.1. The van der Waals surface area contributed by atoms with Gasteiger partial charge in [-0.3, -0.25) is 5.32 Å². The first-order valence-electron chi connectivity index (χ1n) is 8.42. The molecule has 0 spiro atoms. The maximum atomic E-state index is 12.6. The van der Waals surface area contributed by atoms with Gasteiger partial charge in [0.05, 0.1) is 6.61 Å². The molecule has 2 N–H and O–H groups in total. The predicted molar refractivity (Wildman–Crippen MR) is 97.5 cm³/mol. The third kappa shape index (κ3) is 5.15. The molecule has 1 atom stereocenters. The molecule has 0 aliphatic carbocycles. The van der Waals surface area contributed by atoms with Crippen LogP contribution in [-0.2, 0) is 4.74 Å². The van der Waals surface area contributed by atoms with Gasteiger partial charge in [0.25, 0.3) is 0 Å². The first-order valence-corrected chi connectivity index (χ1v) is 8.42. The Morgan fingerprint density at radius 3 is 2.21 bits per heavy atom. The zero-order chi connectivity index (χ0) is 18.3. The number of carbonyl (C=O) groups is 2. The summed E-state index contributed by atoms with van der Waals surface area (Å²) in [6.45, 7) is 12.7. The molecule has 6 heteroatoms. The maximum absolute atomic E-state index is 12.6. The molecule has 6 nitrogen and oxygen atoms in total. The minimum Gasteiger partial charge on any atom is -0.450 e. The fourth-order valence-corrected chi connectivity index (χ4v) is 2.35. The highest BCUT2D eigenvalue weighted by Crippen LogP contribution is 2.24. The molecule has 3 amide bonds. The lowest BCUT2D eigenvalue weighted by molar-refractivity contribution is 0.168. The molecule has 0 saturated heterocycles. The van der Waals surface area contributed by atoms with E-state index in [-0.39, 0.29) is 12.1 Å². The lowest BCUT2D eigenvalue weighted by Gasteiger charge is -2.31. The topological polar surface area (TPSA) is 70.7 Å². The van der Waals surface area contributed by atoms with Gasteiger partial charge >= 0.3 is 12.1 Å². The van der Waals surface area contributed by atoms with E-state index >= 15 is 0 Å². The fourth-order valence-electron chi connectivity index (χ4n) is 2.35. The molecule has 0 unspecified atom stereocenters. The number of hydrogen-bond donors (Lipinski definition) is 2. The Morgan fingerprint density at radius 2 is 1.71 bits per heavy atom. The molecular weight excluding hydrogens is 306 g/mol. The van der Waals surface area contributed by atoms with Crippen LogP contribution < -0.4 is 10.6 Å². The highest BCUT2D eigenvalue weighted by atomic mass is 16.5. The molecule has 0 aromatic heterocycles. The third-order valence-electron chi connectivity index (χ3n) is 4.15. The van der Waals surface area contributed by atoms with Gasteiger partial charge in [-0.25, -0.2) is 9.59 Å². The van der Waals surface area contributed by atoms with Crippen molar-refractivity contribution >= 4 is 23.5 Å². The lowest BCUT2D eigenvalue weighted by Crippen LogP contribution is -2.43. The molecule has 0 radical (unpaired) electrons. The first kappa shape index (κ1) is 19.8. The molecule has 1 aromatic carbocycles. The Morgan fingerprint density at radius 1 is 1.12 bits per heavy atom. The second-order valence-electron chi connectivity index (χ2n) is 6.02. The second kappa shape index (κ2) is 9.15. The minimum absolute atomic E-state index is 0.135. The van der Waals surface area contributed by atoms with E-state index in [0.29, 0.717) is 30.4 Å². The van der Waals surface area contributed by atoms with Gasteiger partial charge in [-0.2, -0.15) is 0 Å². The highest BCUT2D eigenvalue weighted by Gasteiger charge is 2.21. The van der Waals surface area contributed by atoms with Crippen LogP contribution in [-0.4, -0.2) is 36.2 Å². The van der Waals surface area contributed by atoms with Crippen LogP contribution in [0.1, 0.15) is 40.2 Å². The van der Waals surface area contributed by atoms with Gasteiger partial charge in [0.2, 0.25) is 0 Å². The number of anilines is 2. The van der Waals surface area contributed by atoms with Crippen molar-refractivity contribution in [1.82, 2.24) is 4.90 Å². The molecule has 1 aromatic rings. The van der Waals surface area contributed by atoms with Gasteiger partial charge in [0, 0.05) is 24.0 Å². The minimum atomic E-state index is -0.507. The summed E-state index contributed by atoms with van der Waals surface area (Å²) < 4.78 is 4.89. The third-order valence-corrected chi connectivity index (χ3v) is 4.15. The molecule has 134 valence electrons. The molecular formula is C18H29N3O3. The van der Waals surface area contributed by atoms with E-state index in [9.17, 15) is 9.59 Å². The molecule has 0 heterocycles.